The summed E-state index contributed by atoms with van der Waals surface area (Å²) in [5, 5.41) is 0. The second-order valence-electron chi connectivity index (χ2n) is 7.45. The van der Waals surface area contributed by atoms with Gasteiger partial charge in [0.1, 0.15) is 12.4 Å². The van der Waals surface area contributed by atoms with Gasteiger partial charge in [-0.15, -0.1) is 0 Å². The molecular weight excluding hydrogens is 388 g/mol. The van der Waals surface area contributed by atoms with E-state index in [0.717, 1.165) is 37.0 Å². The van der Waals surface area contributed by atoms with Crippen LogP contribution in [0.5, 0.6) is 5.75 Å². The highest BCUT2D eigenvalue weighted by Crippen LogP contribution is 2.35. The summed E-state index contributed by atoms with van der Waals surface area (Å²) in [6, 6.07) is 15.0. The highest BCUT2D eigenvalue weighted by atomic mass is 32.2. The molecule has 1 saturated carbocycles. The van der Waals surface area contributed by atoms with E-state index in [4.69, 9.17) is 13.7 Å². The maximum absolute atomic E-state index is 12.5. The predicted octanol–water partition coefficient (Wildman–Crippen LogP) is 4.84. The zero-order chi connectivity index (χ0) is 20.7. The lowest BCUT2D eigenvalue weighted by atomic mass is 9.83. The van der Waals surface area contributed by atoms with Crippen LogP contribution in [-0.4, -0.2) is 34.3 Å². The first kappa shape index (κ1) is 21.8. The van der Waals surface area contributed by atoms with Crippen LogP contribution < -0.4 is 4.74 Å². The van der Waals surface area contributed by atoms with Gasteiger partial charge < -0.3 is 9.47 Å². The van der Waals surface area contributed by atoms with Crippen molar-refractivity contribution in [3.63, 3.8) is 0 Å². The number of rotatable bonds is 9. The fraction of sp³-hybridized carbons (Fsp3) is 0.478. The van der Waals surface area contributed by atoms with Crippen molar-refractivity contribution >= 4 is 10.1 Å². The molecule has 0 spiro atoms. The van der Waals surface area contributed by atoms with E-state index in [0.29, 0.717) is 25.7 Å². The SMILES string of the molecule is CCOCCOc1ccc(C2CCC(OS(=O)(=O)c3ccc(C)cc3)CC2)cc1. The van der Waals surface area contributed by atoms with Crippen molar-refractivity contribution in [1.29, 1.82) is 0 Å². The van der Waals surface area contributed by atoms with Gasteiger partial charge in [0.05, 0.1) is 17.6 Å². The highest BCUT2D eigenvalue weighted by molar-refractivity contribution is 7.86. The largest absolute Gasteiger partial charge is 0.491 e. The van der Waals surface area contributed by atoms with Gasteiger partial charge >= 0.3 is 0 Å². The topological polar surface area (TPSA) is 61.8 Å². The summed E-state index contributed by atoms with van der Waals surface area (Å²) < 4.78 is 41.4. The zero-order valence-electron chi connectivity index (χ0n) is 17.2. The first-order chi connectivity index (χ1) is 14.0. The van der Waals surface area contributed by atoms with E-state index in [1.807, 2.05) is 26.0 Å². The lowest BCUT2D eigenvalue weighted by Gasteiger charge is -2.28. The molecule has 0 heterocycles. The fourth-order valence-electron chi connectivity index (χ4n) is 3.63. The van der Waals surface area contributed by atoms with Gasteiger partial charge in [-0.05, 0) is 75.3 Å². The summed E-state index contributed by atoms with van der Waals surface area (Å²) >= 11 is 0. The van der Waals surface area contributed by atoms with Crippen molar-refractivity contribution in [2.75, 3.05) is 19.8 Å². The number of aryl methyl sites for hydroxylation is 1. The smallest absolute Gasteiger partial charge is 0.297 e. The zero-order valence-corrected chi connectivity index (χ0v) is 18.0. The molecule has 0 unspecified atom stereocenters. The summed E-state index contributed by atoms with van der Waals surface area (Å²) in [5.41, 5.74) is 2.29. The molecule has 5 nitrogen and oxygen atoms in total. The summed E-state index contributed by atoms with van der Waals surface area (Å²) in [5.74, 6) is 1.27. The Morgan fingerprint density at radius 3 is 2.17 bits per heavy atom. The van der Waals surface area contributed by atoms with Crippen LogP contribution in [0.3, 0.4) is 0 Å². The minimum atomic E-state index is -3.70. The molecular formula is C23H30O5S. The monoisotopic (exact) mass is 418 g/mol. The highest BCUT2D eigenvalue weighted by Gasteiger charge is 2.27. The third-order valence-corrected chi connectivity index (χ3v) is 6.67. The van der Waals surface area contributed by atoms with Crippen molar-refractivity contribution in [3.8, 4) is 5.75 Å². The van der Waals surface area contributed by atoms with Crippen LogP contribution in [0.4, 0.5) is 0 Å². The van der Waals surface area contributed by atoms with Gasteiger partial charge in [-0.3, -0.25) is 4.18 Å². The quantitative estimate of drug-likeness (QED) is 0.431. The third-order valence-electron chi connectivity index (χ3n) is 5.30. The van der Waals surface area contributed by atoms with Gasteiger partial charge in [-0.1, -0.05) is 29.8 Å². The molecule has 2 aromatic carbocycles. The molecule has 0 aromatic heterocycles. The van der Waals surface area contributed by atoms with Crippen LogP contribution >= 0.6 is 0 Å². The molecule has 3 rings (SSSR count). The van der Waals surface area contributed by atoms with E-state index >= 15 is 0 Å². The first-order valence-corrected chi connectivity index (χ1v) is 11.7. The Morgan fingerprint density at radius 1 is 0.897 bits per heavy atom. The average molecular weight is 419 g/mol. The van der Waals surface area contributed by atoms with Gasteiger partial charge in [0, 0.05) is 6.61 Å². The maximum Gasteiger partial charge on any atom is 0.297 e. The van der Waals surface area contributed by atoms with E-state index in [9.17, 15) is 8.42 Å². The van der Waals surface area contributed by atoms with Crippen molar-refractivity contribution in [1.82, 2.24) is 0 Å². The van der Waals surface area contributed by atoms with Gasteiger partial charge in [0.2, 0.25) is 0 Å². The molecule has 0 atom stereocenters. The number of hydrogen-bond donors (Lipinski definition) is 0. The van der Waals surface area contributed by atoms with Crippen LogP contribution in [-0.2, 0) is 19.0 Å². The second kappa shape index (κ2) is 10.2. The molecule has 1 fully saturated rings. The van der Waals surface area contributed by atoms with Crippen LogP contribution in [0.15, 0.2) is 53.4 Å². The van der Waals surface area contributed by atoms with Crippen LogP contribution in [0, 0.1) is 6.92 Å². The summed E-state index contributed by atoms with van der Waals surface area (Å²) in [7, 11) is -3.70. The molecule has 6 heteroatoms. The average Bonchev–Trinajstić information content (AvgIpc) is 2.72. The Morgan fingerprint density at radius 2 is 1.55 bits per heavy atom. The fourth-order valence-corrected chi connectivity index (χ4v) is 4.76. The molecule has 0 radical (unpaired) electrons. The van der Waals surface area contributed by atoms with Gasteiger partial charge in [-0.25, -0.2) is 0 Å². The van der Waals surface area contributed by atoms with Crippen LogP contribution in [0.25, 0.3) is 0 Å². The van der Waals surface area contributed by atoms with Gasteiger partial charge in [-0.2, -0.15) is 8.42 Å². The normalized spacial score (nSPS) is 19.8. The molecule has 0 aliphatic heterocycles. The van der Waals surface area contributed by atoms with E-state index < -0.39 is 10.1 Å². The Bertz CT molecular complexity index is 851. The molecule has 1 aliphatic carbocycles. The molecule has 0 N–H and O–H groups in total. The Kier molecular flexibility index (Phi) is 7.70. The third kappa shape index (κ3) is 6.29. The molecule has 1 aliphatic rings. The van der Waals surface area contributed by atoms with E-state index in [-0.39, 0.29) is 11.0 Å². The molecule has 0 bridgehead atoms. The molecule has 2 aromatic rings. The van der Waals surface area contributed by atoms with Crippen molar-refractivity contribution in [2.24, 2.45) is 0 Å². The van der Waals surface area contributed by atoms with Gasteiger partial charge in [0.25, 0.3) is 10.1 Å². The molecule has 29 heavy (non-hydrogen) atoms. The summed E-state index contributed by atoms with van der Waals surface area (Å²) in [6.07, 6.45) is 3.06. The van der Waals surface area contributed by atoms with Gasteiger partial charge in [0.15, 0.2) is 0 Å². The Labute approximate surface area is 174 Å². The first-order valence-electron chi connectivity index (χ1n) is 10.3. The lowest BCUT2D eigenvalue weighted by Crippen LogP contribution is -2.24. The Balaban J connectivity index is 1.49. The molecule has 0 amide bonds. The summed E-state index contributed by atoms with van der Waals surface area (Å²) in [6.45, 7) is 5.73. The van der Waals surface area contributed by atoms with E-state index in [1.165, 1.54) is 5.56 Å². The van der Waals surface area contributed by atoms with Crippen LogP contribution in [0.1, 0.15) is 49.7 Å². The standard InChI is InChI=1S/C23H30O5S/c1-3-26-16-17-27-21-10-6-19(7-11-21)20-8-12-22(13-9-20)28-29(24,25)23-14-4-18(2)5-15-23/h4-7,10-11,14-15,20,22H,3,8-9,12-13,16-17H2,1-2H3. The second-order valence-corrected chi connectivity index (χ2v) is 9.02. The summed E-state index contributed by atoms with van der Waals surface area (Å²) in [4.78, 5) is 0.227. The Hall–Kier alpha value is -1.89. The van der Waals surface area contributed by atoms with Crippen molar-refractivity contribution < 1.29 is 22.1 Å². The van der Waals surface area contributed by atoms with Crippen molar-refractivity contribution in [3.05, 3.63) is 59.7 Å². The maximum atomic E-state index is 12.5. The van der Waals surface area contributed by atoms with E-state index in [1.54, 1.807) is 24.3 Å². The minimum Gasteiger partial charge on any atom is -0.491 e. The molecule has 158 valence electrons. The minimum absolute atomic E-state index is 0.227. The van der Waals surface area contributed by atoms with Crippen LogP contribution in [0.2, 0.25) is 0 Å². The van der Waals surface area contributed by atoms with Crippen molar-refractivity contribution in [2.45, 2.75) is 56.4 Å². The molecule has 0 saturated heterocycles. The number of benzene rings is 2. The number of hydrogen-bond acceptors (Lipinski definition) is 5. The lowest BCUT2D eigenvalue weighted by molar-refractivity contribution is 0.110. The van der Waals surface area contributed by atoms with E-state index in [2.05, 4.69) is 12.1 Å². The number of ether oxygens (including phenoxy) is 2. The predicted molar refractivity (Wildman–Crippen MR) is 113 cm³/mol.